The van der Waals surface area contributed by atoms with Gasteiger partial charge in [-0.05, 0) is 38.4 Å². The van der Waals surface area contributed by atoms with Crippen LogP contribution < -0.4 is 16.4 Å². The molecule has 0 bridgehead atoms. The number of guanidine groups is 1. The number of nitrogens with one attached hydrogen (secondary N) is 2. The number of rotatable bonds is 7. The maximum atomic E-state index is 11.3. The predicted octanol–water partition coefficient (Wildman–Crippen LogP) is 1.58. The van der Waals surface area contributed by atoms with Gasteiger partial charge in [0.05, 0.1) is 17.5 Å². The van der Waals surface area contributed by atoms with E-state index in [1.54, 1.807) is 7.05 Å². The first-order valence-corrected chi connectivity index (χ1v) is 9.63. The quantitative estimate of drug-likeness (QED) is 0.367. The number of piperidine rings is 1. The van der Waals surface area contributed by atoms with Crippen molar-refractivity contribution in [2.75, 3.05) is 33.2 Å². The fraction of sp³-hybridized carbons (Fsp3) is 0.647. The number of hydrogen-bond acceptors (Lipinski definition) is 3. The Morgan fingerprint density at radius 3 is 2.81 bits per heavy atom. The monoisotopic (exact) mass is 402 g/mol. The number of amides is 1. The maximum absolute atomic E-state index is 11.3. The number of aromatic nitrogens is 1. The van der Waals surface area contributed by atoms with E-state index in [-0.39, 0.29) is 11.8 Å². The third-order valence-electron chi connectivity index (χ3n) is 4.73. The van der Waals surface area contributed by atoms with Gasteiger partial charge in [-0.15, -0.1) is 0 Å². The van der Waals surface area contributed by atoms with Gasteiger partial charge in [0.2, 0.25) is 5.91 Å². The third-order valence-corrected chi connectivity index (χ3v) is 5.57. The Hall–Kier alpha value is -1.44. The standard InChI is InChI=1S/C17H28Cl2N6O/c1-21-17(23-10-13-9-14(18)15(19)24(13)2)22-6-4-8-25-7-3-5-12(11-25)16(20)26/h9,12H,3-8,10-11H2,1-2H3,(H2,20,26)(H2,21,22,23). The highest BCUT2D eigenvalue weighted by atomic mass is 35.5. The molecule has 1 aliphatic heterocycles. The van der Waals surface area contributed by atoms with E-state index in [2.05, 4.69) is 20.5 Å². The van der Waals surface area contributed by atoms with Crippen LogP contribution in [-0.2, 0) is 18.4 Å². The maximum Gasteiger partial charge on any atom is 0.221 e. The van der Waals surface area contributed by atoms with E-state index >= 15 is 0 Å². The minimum Gasteiger partial charge on any atom is -0.369 e. The normalized spacial score (nSPS) is 18.8. The van der Waals surface area contributed by atoms with Gasteiger partial charge in [-0.1, -0.05) is 23.2 Å². The number of halogens is 2. The summed E-state index contributed by atoms with van der Waals surface area (Å²) in [6.45, 7) is 4.13. The molecule has 1 saturated heterocycles. The highest BCUT2D eigenvalue weighted by molar-refractivity contribution is 6.41. The van der Waals surface area contributed by atoms with Crippen LogP contribution in [0.5, 0.6) is 0 Å². The Kier molecular flexibility index (Phi) is 8.06. The van der Waals surface area contributed by atoms with E-state index < -0.39 is 0 Å². The molecule has 0 aliphatic carbocycles. The molecular weight excluding hydrogens is 375 g/mol. The number of carbonyl (C=O) groups is 1. The second-order valence-electron chi connectivity index (χ2n) is 6.58. The molecular formula is C17H28Cl2N6O. The van der Waals surface area contributed by atoms with Crippen molar-refractivity contribution in [3.05, 3.63) is 21.9 Å². The van der Waals surface area contributed by atoms with Crippen molar-refractivity contribution in [1.82, 2.24) is 20.1 Å². The number of carbonyl (C=O) groups excluding carboxylic acids is 1. The van der Waals surface area contributed by atoms with Crippen LogP contribution in [0.4, 0.5) is 0 Å². The molecule has 1 fully saturated rings. The van der Waals surface area contributed by atoms with Gasteiger partial charge in [-0.25, -0.2) is 0 Å². The summed E-state index contributed by atoms with van der Waals surface area (Å²) in [5, 5.41) is 7.63. The lowest BCUT2D eigenvalue weighted by atomic mass is 9.97. The molecule has 1 aromatic rings. The van der Waals surface area contributed by atoms with E-state index in [4.69, 9.17) is 28.9 Å². The lowest BCUT2D eigenvalue weighted by Gasteiger charge is -2.31. The van der Waals surface area contributed by atoms with Crippen LogP contribution in [0.25, 0.3) is 0 Å². The average Bonchev–Trinajstić information content (AvgIpc) is 2.88. The topological polar surface area (TPSA) is 87.7 Å². The molecule has 0 radical (unpaired) electrons. The summed E-state index contributed by atoms with van der Waals surface area (Å²) in [5.41, 5.74) is 6.40. The van der Waals surface area contributed by atoms with Crippen molar-refractivity contribution in [3.8, 4) is 0 Å². The van der Waals surface area contributed by atoms with E-state index in [9.17, 15) is 4.79 Å². The largest absolute Gasteiger partial charge is 0.369 e. The summed E-state index contributed by atoms with van der Waals surface area (Å²) in [4.78, 5) is 17.9. The van der Waals surface area contributed by atoms with Crippen molar-refractivity contribution in [2.24, 2.45) is 23.7 Å². The van der Waals surface area contributed by atoms with Crippen molar-refractivity contribution in [2.45, 2.75) is 25.8 Å². The SMILES string of the molecule is CN=C(NCCCN1CCCC(C(N)=O)C1)NCc1cc(Cl)c(Cl)n1C. The first kappa shape index (κ1) is 20.9. The number of likely N-dealkylation sites (tertiary alicyclic amines) is 1. The fourth-order valence-electron chi connectivity index (χ4n) is 3.15. The molecule has 7 nitrogen and oxygen atoms in total. The molecule has 2 rings (SSSR count). The Morgan fingerprint density at radius 2 is 2.19 bits per heavy atom. The number of hydrogen-bond donors (Lipinski definition) is 3. The molecule has 0 aromatic carbocycles. The molecule has 146 valence electrons. The minimum atomic E-state index is -0.182. The van der Waals surface area contributed by atoms with E-state index in [0.29, 0.717) is 16.7 Å². The Morgan fingerprint density at radius 1 is 1.42 bits per heavy atom. The van der Waals surface area contributed by atoms with Gasteiger partial charge in [0.25, 0.3) is 0 Å². The molecule has 1 aromatic heterocycles. The molecule has 26 heavy (non-hydrogen) atoms. The molecule has 1 unspecified atom stereocenters. The Labute approximate surface area is 164 Å². The highest BCUT2D eigenvalue weighted by Crippen LogP contribution is 2.24. The minimum absolute atomic E-state index is 0.00456. The second kappa shape index (κ2) is 10.0. The van der Waals surface area contributed by atoms with Crippen molar-refractivity contribution in [1.29, 1.82) is 0 Å². The fourth-order valence-corrected chi connectivity index (χ4v) is 3.57. The summed E-state index contributed by atoms with van der Waals surface area (Å²) in [5.74, 6) is 0.542. The zero-order valence-corrected chi connectivity index (χ0v) is 16.9. The highest BCUT2D eigenvalue weighted by Gasteiger charge is 2.23. The van der Waals surface area contributed by atoms with Gasteiger partial charge in [0.15, 0.2) is 5.96 Å². The number of nitrogens with zero attached hydrogens (tertiary/aromatic N) is 3. The summed E-state index contributed by atoms with van der Waals surface area (Å²) in [7, 11) is 3.61. The zero-order valence-electron chi connectivity index (χ0n) is 15.4. The predicted molar refractivity (Wildman–Crippen MR) is 107 cm³/mol. The van der Waals surface area contributed by atoms with Crippen molar-refractivity contribution in [3.63, 3.8) is 0 Å². The first-order valence-electron chi connectivity index (χ1n) is 8.88. The summed E-state index contributed by atoms with van der Waals surface area (Å²) < 4.78 is 1.84. The van der Waals surface area contributed by atoms with Crippen LogP contribution in [-0.4, -0.2) is 54.6 Å². The smallest absolute Gasteiger partial charge is 0.221 e. The van der Waals surface area contributed by atoms with Gasteiger partial charge >= 0.3 is 0 Å². The summed E-state index contributed by atoms with van der Waals surface area (Å²) in [6.07, 6.45) is 2.91. The van der Waals surface area contributed by atoms with Crippen LogP contribution in [0.15, 0.2) is 11.1 Å². The van der Waals surface area contributed by atoms with Gasteiger partial charge in [-0.2, -0.15) is 0 Å². The molecule has 0 spiro atoms. The molecule has 1 aliphatic rings. The molecule has 1 atom stereocenters. The van der Waals surface area contributed by atoms with Crippen LogP contribution in [0.3, 0.4) is 0 Å². The summed E-state index contributed by atoms with van der Waals surface area (Å²) in [6, 6.07) is 1.84. The number of primary amides is 1. The van der Waals surface area contributed by atoms with Crippen LogP contribution >= 0.6 is 23.2 Å². The Balaban J connectivity index is 1.69. The molecule has 0 saturated carbocycles. The van der Waals surface area contributed by atoms with Gasteiger partial charge in [0.1, 0.15) is 5.15 Å². The number of aliphatic imine (C=N–C) groups is 1. The van der Waals surface area contributed by atoms with Crippen molar-refractivity contribution < 1.29 is 4.79 Å². The van der Waals surface area contributed by atoms with Crippen LogP contribution in [0, 0.1) is 5.92 Å². The van der Waals surface area contributed by atoms with E-state index in [0.717, 1.165) is 57.1 Å². The Bertz CT molecular complexity index is 645. The van der Waals surface area contributed by atoms with E-state index in [1.807, 2.05) is 17.7 Å². The number of nitrogens with two attached hydrogens (primary N) is 1. The average molecular weight is 403 g/mol. The zero-order chi connectivity index (χ0) is 19.1. The molecule has 1 amide bonds. The lowest BCUT2D eigenvalue weighted by molar-refractivity contribution is -0.123. The molecule has 4 N–H and O–H groups in total. The van der Waals surface area contributed by atoms with Crippen LogP contribution in [0.2, 0.25) is 10.2 Å². The summed E-state index contributed by atoms with van der Waals surface area (Å²) >= 11 is 12.1. The first-order chi connectivity index (χ1) is 12.4. The van der Waals surface area contributed by atoms with Crippen molar-refractivity contribution >= 4 is 35.1 Å². The van der Waals surface area contributed by atoms with Gasteiger partial charge in [0, 0.05) is 32.9 Å². The lowest BCUT2D eigenvalue weighted by Crippen LogP contribution is -2.43. The van der Waals surface area contributed by atoms with Crippen LogP contribution in [0.1, 0.15) is 25.0 Å². The second-order valence-corrected chi connectivity index (χ2v) is 7.35. The molecule has 2 heterocycles. The van der Waals surface area contributed by atoms with E-state index in [1.165, 1.54) is 0 Å². The van der Waals surface area contributed by atoms with Gasteiger partial charge in [-0.3, -0.25) is 9.79 Å². The van der Waals surface area contributed by atoms with Gasteiger partial charge < -0.3 is 25.8 Å². The third kappa shape index (κ3) is 5.79. The molecule has 9 heteroatoms.